The van der Waals surface area contributed by atoms with Gasteiger partial charge in [-0.05, 0) is 57.2 Å². The number of benzene rings is 2. The summed E-state index contributed by atoms with van der Waals surface area (Å²) < 4.78 is 2.00. The molecule has 1 aromatic heterocycles. The molecule has 112 valence electrons. The maximum absolute atomic E-state index is 11.0. The zero-order chi connectivity index (χ0) is 15.7. The molecular formula is C18H19N3O. The van der Waals surface area contributed by atoms with Crippen LogP contribution in [-0.4, -0.2) is 21.4 Å². The maximum Gasteiger partial charge on any atom is 0.150 e. The quantitative estimate of drug-likeness (QED) is 0.741. The Bertz CT molecular complexity index is 828. The Morgan fingerprint density at radius 2 is 1.95 bits per heavy atom. The minimum atomic E-state index is 0.000314. The van der Waals surface area contributed by atoms with E-state index in [2.05, 4.69) is 37.1 Å². The van der Waals surface area contributed by atoms with Gasteiger partial charge in [0.2, 0.25) is 0 Å². The number of fused-ring (bicyclic) bond motifs is 1. The van der Waals surface area contributed by atoms with Crippen LogP contribution < -0.4 is 5.32 Å². The Balaban J connectivity index is 2.07. The van der Waals surface area contributed by atoms with E-state index in [0.717, 1.165) is 28.7 Å². The first-order chi connectivity index (χ1) is 10.5. The molecule has 0 fully saturated rings. The molecule has 4 heteroatoms. The SMILES string of the molecule is CC(C)(C)Nc1cccc(-n2cnc3ccc(C=O)cc32)c1. The van der Waals surface area contributed by atoms with Gasteiger partial charge in [-0.15, -0.1) is 0 Å². The number of nitrogens with zero attached hydrogens (tertiary/aromatic N) is 2. The molecule has 0 radical (unpaired) electrons. The fourth-order valence-corrected chi connectivity index (χ4v) is 2.47. The van der Waals surface area contributed by atoms with Crippen molar-refractivity contribution in [3.63, 3.8) is 0 Å². The highest BCUT2D eigenvalue weighted by atomic mass is 16.1. The second kappa shape index (κ2) is 5.30. The molecule has 0 aliphatic carbocycles. The standard InChI is InChI=1S/C18H19N3O/c1-18(2,3)20-14-5-4-6-15(10-14)21-12-19-16-8-7-13(11-22)9-17(16)21/h4-12,20H,1-3H3. The first-order valence-corrected chi connectivity index (χ1v) is 7.27. The molecule has 0 saturated heterocycles. The second-order valence-corrected chi connectivity index (χ2v) is 6.41. The molecule has 3 aromatic rings. The van der Waals surface area contributed by atoms with Crippen LogP contribution in [0, 0.1) is 0 Å². The lowest BCUT2D eigenvalue weighted by molar-refractivity contribution is 0.112. The smallest absolute Gasteiger partial charge is 0.150 e. The summed E-state index contributed by atoms with van der Waals surface area (Å²) in [5, 5.41) is 3.46. The summed E-state index contributed by atoms with van der Waals surface area (Å²) in [5.74, 6) is 0. The fourth-order valence-electron chi connectivity index (χ4n) is 2.47. The molecule has 1 N–H and O–H groups in total. The molecular weight excluding hydrogens is 274 g/mol. The number of nitrogens with one attached hydrogen (secondary N) is 1. The number of anilines is 1. The zero-order valence-electron chi connectivity index (χ0n) is 13.0. The van der Waals surface area contributed by atoms with E-state index in [-0.39, 0.29) is 5.54 Å². The third-order valence-corrected chi connectivity index (χ3v) is 3.35. The number of rotatable bonds is 3. The van der Waals surface area contributed by atoms with Gasteiger partial charge >= 0.3 is 0 Å². The van der Waals surface area contributed by atoms with Gasteiger partial charge in [0.1, 0.15) is 12.6 Å². The Kier molecular flexibility index (Phi) is 3.45. The van der Waals surface area contributed by atoms with Gasteiger partial charge in [0.25, 0.3) is 0 Å². The number of carbonyl (C=O) groups is 1. The molecule has 3 rings (SSSR count). The monoisotopic (exact) mass is 293 g/mol. The van der Waals surface area contributed by atoms with Crippen LogP contribution in [0.4, 0.5) is 5.69 Å². The largest absolute Gasteiger partial charge is 0.380 e. The Morgan fingerprint density at radius 1 is 1.14 bits per heavy atom. The van der Waals surface area contributed by atoms with E-state index in [1.807, 2.05) is 34.9 Å². The van der Waals surface area contributed by atoms with Crippen molar-refractivity contribution in [2.45, 2.75) is 26.3 Å². The van der Waals surface area contributed by atoms with Gasteiger partial charge in [0, 0.05) is 22.5 Å². The van der Waals surface area contributed by atoms with Gasteiger partial charge in [-0.25, -0.2) is 4.98 Å². The van der Waals surface area contributed by atoms with Gasteiger partial charge in [-0.3, -0.25) is 9.36 Å². The highest BCUT2D eigenvalue weighted by Gasteiger charge is 2.10. The molecule has 22 heavy (non-hydrogen) atoms. The van der Waals surface area contributed by atoms with E-state index in [1.165, 1.54) is 0 Å². The number of aromatic nitrogens is 2. The average molecular weight is 293 g/mol. The molecule has 0 atom stereocenters. The van der Waals surface area contributed by atoms with Crippen LogP contribution in [0.1, 0.15) is 31.1 Å². The van der Waals surface area contributed by atoms with Crippen molar-refractivity contribution in [3.05, 3.63) is 54.4 Å². The normalized spacial score (nSPS) is 11.6. The summed E-state index contributed by atoms with van der Waals surface area (Å²) in [4.78, 5) is 15.4. The molecule has 1 heterocycles. The van der Waals surface area contributed by atoms with Crippen LogP contribution in [0.15, 0.2) is 48.8 Å². The van der Waals surface area contributed by atoms with Crippen molar-refractivity contribution in [1.82, 2.24) is 9.55 Å². The summed E-state index contributed by atoms with van der Waals surface area (Å²) in [7, 11) is 0. The number of imidazole rings is 1. The van der Waals surface area contributed by atoms with Gasteiger partial charge in [0.15, 0.2) is 0 Å². The lowest BCUT2D eigenvalue weighted by Crippen LogP contribution is -2.26. The third kappa shape index (κ3) is 2.86. The summed E-state index contributed by atoms with van der Waals surface area (Å²) in [6.07, 6.45) is 2.64. The number of hydrogen-bond donors (Lipinski definition) is 1. The van der Waals surface area contributed by atoms with Crippen molar-refractivity contribution in [1.29, 1.82) is 0 Å². The molecule has 0 spiro atoms. The predicted octanol–water partition coefficient (Wildman–Crippen LogP) is 4.05. The molecule has 4 nitrogen and oxygen atoms in total. The summed E-state index contributed by atoms with van der Waals surface area (Å²) in [6.45, 7) is 6.38. The van der Waals surface area contributed by atoms with E-state index in [1.54, 1.807) is 12.4 Å². The van der Waals surface area contributed by atoms with Crippen molar-refractivity contribution in [2.24, 2.45) is 0 Å². The lowest BCUT2D eigenvalue weighted by atomic mass is 10.1. The summed E-state index contributed by atoms with van der Waals surface area (Å²) in [6, 6.07) is 13.7. The van der Waals surface area contributed by atoms with Crippen LogP contribution >= 0.6 is 0 Å². The van der Waals surface area contributed by atoms with Crippen molar-refractivity contribution < 1.29 is 4.79 Å². The third-order valence-electron chi connectivity index (χ3n) is 3.35. The molecule has 2 aromatic carbocycles. The molecule has 0 bridgehead atoms. The highest BCUT2D eigenvalue weighted by Crippen LogP contribution is 2.23. The topological polar surface area (TPSA) is 46.9 Å². The molecule has 0 amide bonds. The fraction of sp³-hybridized carbons (Fsp3) is 0.222. The Hall–Kier alpha value is -2.62. The molecule has 0 aliphatic rings. The Labute approximate surface area is 129 Å². The summed E-state index contributed by atoms with van der Waals surface area (Å²) in [5.41, 5.74) is 4.52. The van der Waals surface area contributed by atoms with Gasteiger partial charge < -0.3 is 5.32 Å². The highest BCUT2D eigenvalue weighted by molar-refractivity contribution is 5.86. The number of hydrogen-bond acceptors (Lipinski definition) is 3. The Morgan fingerprint density at radius 3 is 2.68 bits per heavy atom. The van der Waals surface area contributed by atoms with E-state index in [0.29, 0.717) is 5.56 Å². The van der Waals surface area contributed by atoms with Crippen molar-refractivity contribution in [3.8, 4) is 5.69 Å². The zero-order valence-corrected chi connectivity index (χ0v) is 13.0. The van der Waals surface area contributed by atoms with E-state index >= 15 is 0 Å². The van der Waals surface area contributed by atoms with Gasteiger partial charge in [-0.2, -0.15) is 0 Å². The van der Waals surface area contributed by atoms with Gasteiger partial charge in [-0.1, -0.05) is 6.07 Å². The van der Waals surface area contributed by atoms with Crippen molar-refractivity contribution in [2.75, 3.05) is 5.32 Å². The van der Waals surface area contributed by atoms with Crippen molar-refractivity contribution >= 4 is 23.0 Å². The van der Waals surface area contributed by atoms with E-state index < -0.39 is 0 Å². The summed E-state index contributed by atoms with van der Waals surface area (Å²) >= 11 is 0. The average Bonchev–Trinajstić information content (AvgIpc) is 2.88. The molecule has 0 unspecified atom stereocenters. The minimum Gasteiger partial charge on any atom is -0.380 e. The second-order valence-electron chi connectivity index (χ2n) is 6.41. The van der Waals surface area contributed by atoms with E-state index in [4.69, 9.17) is 0 Å². The first-order valence-electron chi connectivity index (χ1n) is 7.27. The maximum atomic E-state index is 11.0. The molecule has 0 aliphatic heterocycles. The van der Waals surface area contributed by atoms with Crippen LogP contribution in [0.25, 0.3) is 16.7 Å². The number of aldehydes is 1. The van der Waals surface area contributed by atoms with Gasteiger partial charge in [0.05, 0.1) is 11.0 Å². The van der Waals surface area contributed by atoms with E-state index in [9.17, 15) is 4.79 Å². The molecule has 0 saturated carbocycles. The lowest BCUT2D eigenvalue weighted by Gasteiger charge is -2.22. The van der Waals surface area contributed by atoms with Crippen LogP contribution in [0.2, 0.25) is 0 Å². The first kappa shape index (κ1) is 14.3. The van der Waals surface area contributed by atoms with Crippen LogP contribution in [0.3, 0.4) is 0 Å². The minimum absolute atomic E-state index is 0.000314. The predicted molar refractivity (Wildman–Crippen MR) is 89.8 cm³/mol. The van der Waals surface area contributed by atoms with Crippen LogP contribution in [-0.2, 0) is 0 Å². The number of carbonyl (C=O) groups excluding carboxylic acids is 1. The van der Waals surface area contributed by atoms with Crippen LogP contribution in [0.5, 0.6) is 0 Å².